The number of nitro benzene ring substituents is 1. The summed E-state index contributed by atoms with van der Waals surface area (Å²) in [5.41, 5.74) is -0.0501. The first-order valence-corrected chi connectivity index (χ1v) is 6.71. The van der Waals surface area contributed by atoms with Crippen LogP contribution in [0.4, 0.5) is 11.4 Å². The monoisotopic (exact) mass is 295 g/mol. The second-order valence-corrected chi connectivity index (χ2v) is 5.13. The number of rotatable bonds is 7. The number of hydrogen-bond donors (Lipinski definition) is 1. The zero-order chi connectivity index (χ0) is 16.2. The Morgan fingerprint density at radius 2 is 2.05 bits per heavy atom. The number of anilines is 1. The fourth-order valence-electron chi connectivity index (χ4n) is 2.47. The molecule has 1 aromatic carbocycles. The van der Waals surface area contributed by atoms with Crippen LogP contribution in [0.15, 0.2) is 18.2 Å². The van der Waals surface area contributed by atoms with Crippen molar-refractivity contribution in [1.29, 1.82) is 0 Å². The van der Waals surface area contributed by atoms with Gasteiger partial charge in [-0.05, 0) is 34.0 Å². The molecule has 7 heteroatoms. The van der Waals surface area contributed by atoms with E-state index in [9.17, 15) is 20.0 Å². The smallest absolute Gasteiger partial charge is 0.338 e. The second kappa shape index (κ2) is 7.03. The maximum atomic E-state index is 11.4. The summed E-state index contributed by atoms with van der Waals surface area (Å²) >= 11 is 0. The van der Waals surface area contributed by atoms with E-state index in [-0.39, 0.29) is 23.0 Å². The maximum Gasteiger partial charge on any atom is 0.338 e. The van der Waals surface area contributed by atoms with E-state index in [0.29, 0.717) is 13.1 Å². The van der Waals surface area contributed by atoms with Gasteiger partial charge in [-0.15, -0.1) is 0 Å². The standard InChI is InChI=1S/C14H21N3O4/c1-5-16(10(2)9-15(3)4)13-11(14(18)19)7-6-8-12(13)17(20)21/h6-8,10H,5,9H2,1-4H3,(H,18,19). The van der Waals surface area contributed by atoms with Crippen LogP contribution in [-0.4, -0.2) is 54.1 Å². The lowest BCUT2D eigenvalue weighted by atomic mass is 10.1. The van der Waals surface area contributed by atoms with Gasteiger partial charge in [-0.3, -0.25) is 10.1 Å². The quantitative estimate of drug-likeness (QED) is 0.612. The van der Waals surface area contributed by atoms with Crippen molar-refractivity contribution in [3.8, 4) is 0 Å². The molecule has 0 aliphatic rings. The third-order valence-corrected chi connectivity index (χ3v) is 3.23. The van der Waals surface area contributed by atoms with Crippen molar-refractivity contribution in [2.75, 3.05) is 32.1 Å². The van der Waals surface area contributed by atoms with Crippen LogP contribution >= 0.6 is 0 Å². The van der Waals surface area contributed by atoms with E-state index in [1.807, 2.05) is 32.8 Å². The highest BCUT2D eigenvalue weighted by Gasteiger charge is 2.28. The second-order valence-electron chi connectivity index (χ2n) is 5.13. The Kier molecular flexibility index (Phi) is 5.66. The Balaban J connectivity index is 3.41. The molecule has 1 aromatic rings. The van der Waals surface area contributed by atoms with Crippen molar-refractivity contribution in [2.24, 2.45) is 0 Å². The number of carboxylic acids is 1. The third-order valence-electron chi connectivity index (χ3n) is 3.23. The Morgan fingerprint density at radius 3 is 2.48 bits per heavy atom. The average Bonchev–Trinajstić information content (AvgIpc) is 2.38. The van der Waals surface area contributed by atoms with E-state index >= 15 is 0 Å². The number of aromatic carboxylic acids is 1. The number of carbonyl (C=O) groups is 1. The molecule has 0 aliphatic carbocycles. The predicted molar refractivity (Wildman–Crippen MR) is 81.1 cm³/mol. The summed E-state index contributed by atoms with van der Waals surface area (Å²) in [5, 5.41) is 20.6. The molecule has 0 aromatic heterocycles. The van der Waals surface area contributed by atoms with Crippen LogP contribution in [0.1, 0.15) is 24.2 Å². The molecule has 0 saturated carbocycles. The molecule has 0 aliphatic heterocycles. The van der Waals surface area contributed by atoms with E-state index in [2.05, 4.69) is 0 Å². The Labute approximate surface area is 123 Å². The van der Waals surface area contributed by atoms with Crippen molar-refractivity contribution in [3.05, 3.63) is 33.9 Å². The van der Waals surface area contributed by atoms with Crippen LogP contribution in [-0.2, 0) is 0 Å². The van der Waals surface area contributed by atoms with Gasteiger partial charge in [-0.2, -0.15) is 0 Å². The number of nitro groups is 1. The minimum Gasteiger partial charge on any atom is -0.478 e. The Bertz CT molecular complexity index is 499. The number of para-hydroxylation sites is 1. The first-order chi connectivity index (χ1) is 9.79. The lowest BCUT2D eigenvalue weighted by Gasteiger charge is -2.32. The summed E-state index contributed by atoms with van der Waals surface area (Å²) in [6.07, 6.45) is 0. The third kappa shape index (κ3) is 3.91. The van der Waals surface area contributed by atoms with Crippen LogP contribution in [0.2, 0.25) is 0 Å². The average molecular weight is 295 g/mol. The molecule has 1 N–H and O–H groups in total. The van der Waals surface area contributed by atoms with Gasteiger partial charge in [0.15, 0.2) is 0 Å². The first-order valence-electron chi connectivity index (χ1n) is 6.71. The van der Waals surface area contributed by atoms with Gasteiger partial charge in [0.2, 0.25) is 0 Å². The summed E-state index contributed by atoms with van der Waals surface area (Å²) in [5.74, 6) is -1.16. The van der Waals surface area contributed by atoms with E-state index in [1.54, 1.807) is 4.90 Å². The SMILES string of the molecule is CCN(c1c(C(=O)O)cccc1[N+](=O)[O-])C(C)CN(C)C. The maximum absolute atomic E-state index is 11.4. The lowest BCUT2D eigenvalue weighted by Crippen LogP contribution is -2.41. The largest absolute Gasteiger partial charge is 0.478 e. The molecule has 1 atom stereocenters. The fourth-order valence-corrected chi connectivity index (χ4v) is 2.47. The molecule has 0 fully saturated rings. The van der Waals surface area contributed by atoms with Crippen molar-refractivity contribution in [2.45, 2.75) is 19.9 Å². The molecule has 0 amide bonds. The Morgan fingerprint density at radius 1 is 1.43 bits per heavy atom. The number of carboxylic acid groups (broad SMARTS) is 1. The molecule has 0 spiro atoms. The van der Waals surface area contributed by atoms with E-state index in [4.69, 9.17) is 0 Å². The summed E-state index contributed by atoms with van der Waals surface area (Å²) in [7, 11) is 3.81. The summed E-state index contributed by atoms with van der Waals surface area (Å²) in [6, 6.07) is 4.09. The van der Waals surface area contributed by atoms with Gasteiger partial charge in [-0.25, -0.2) is 4.79 Å². The van der Waals surface area contributed by atoms with Crippen LogP contribution in [0.5, 0.6) is 0 Å². The number of nitrogens with zero attached hydrogens (tertiary/aromatic N) is 3. The first kappa shape index (κ1) is 16.9. The van der Waals surface area contributed by atoms with E-state index < -0.39 is 10.9 Å². The van der Waals surface area contributed by atoms with E-state index in [0.717, 1.165) is 0 Å². The van der Waals surface area contributed by atoms with Crippen molar-refractivity contribution in [3.63, 3.8) is 0 Å². The summed E-state index contributed by atoms with van der Waals surface area (Å²) < 4.78 is 0. The van der Waals surface area contributed by atoms with Gasteiger partial charge in [0.1, 0.15) is 5.69 Å². The van der Waals surface area contributed by atoms with Crippen LogP contribution < -0.4 is 4.90 Å². The normalized spacial score (nSPS) is 12.2. The van der Waals surface area contributed by atoms with Gasteiger partial charge >= 0.3 is 5.97 Å². The molecule has 0 heterocycles. The highest BCUT2D eigenvalue weighted by atomic mass is 16.6. The minimum atomic E-state index is -1.16. The molecular formula is C14H21N3O4. The van der Waals surface area contributed by atoms with Crippen LogP contribution in [0.25, 0.3) is 0 Å². The van der Waals surface area contributed by atoms with Gasteiger partial charge < -0.3 is 14.9 Å². The van der Waals surface area contributed by atoms with Gasteiger partial charge in [0.25, 0.3) is 5.69 Å². The molecule has 7 nitrogen and oxygen atoms in total. The van der Waals surface area contributed by atoms with Crippen LogP contribution in [0.3, 0.4) is 0 Å². The van der Waals surface area contributed by atoms with Crippen molar-refractivity contribution < 1.29 is 14.8 Å². The molecular weight excluding hydrogens is 274 g/mol. The molecule has 0 saturated heterocycles. The molecule has 0 radical (unpaired) electrons. The fraction of sp³-hybridized carbons (Fsp3) is 0.500. The Hall–Kier alpha value is -2.15. The minimum absolute atomic E-state index is 0.0448. The highest BCUT2D eigenvalue weighted by Crippen LogP contribution is 2.33. The molecule has 1 rings (SSSR count). The van der Waals surface area contributed by atoms with Crippen LogP contribution in [0, 0.1) is 10.1 Å². The number of hydrogen-bond acceptors (Lipinski definition) is 5. The molecule has 21 heavy (non-hydrogen) atoms. The highest BCUT2D eigenvalue weighted by molar-refractivity contribution is 5.97. The molecule has 116 valence electrons. The van der Waals surface area contributed by atoms with E-state index in [1.165, 1.54) is 18.2 Å². The summed E-state index contributed by atoms with van der Waals surface area (Å²) in [4.78, 5) is 25.8. The molecule has 1 unspecified atom stereocenters. The van der Waals surface area contributed by atoms with Crippen molar-refractivity contribution in [1.82, 2.24) is 4.90 Å². The zero-order valence-electron chi connectivity index (χ0n) is 12.7. The van der Waals surface area contributed by atoms with Gasteiger partial charge in [0, 0.05) is 25.2 Å². The summed E-state index contributed by atoms with van der Waals surface area (Å²) in [6.45, 7) is 4.93. The number of likely N-dealkylation sites (N-methyl/N-ethyl adjacent to an activating group) is 2. The molecule has 0 bridgehead atoms. The topological polar surface area (TPSA) is 86.9 Å². The predicted octanol–water partition coefficient (Wildman–Crippen LogP) is 2.07. The lowest BCUT2D eigenvalue weighted by molar-refractivity contribution is -0.384. The number of benzene rings is 1. The zero-order valence-corrected chi connectivity index (χ0v) is 12.7. The van der Waals surface area contributed by atoms with Gasteiger partial charge in [-0.1, -0.05) is 6.07 Å². The van der Waals surface area contributed by atoms with Gasteiger partial charge in [0.05, 0.1) is 10.5 Å². The van der Waals surface area contributed by atoms with Crippen molar-refractivity contribution >= 4 is 17.3 Å².